The first-order valence-electron chi connectivity index (χ1n) is 7.66. The Hall–Kier alpha value is -1.30. The fourth-order valence-electron chi connectivity index (χ4n) is 3.06. The van der Waals surface area contributed by atoms with Crippen molar-refractivity contribution in [3.8, 4) is 0 Å². The van der Waals surface area contributed by atoms with Gasteiger partial charge in [0.1, 0.15) is 5.82 Å². The number of hydrogen-bond acceptors (Lipinski definition) is 4. The van der Waals surface area contributed by atoms with E-state index in [1.807, 2.05) is 19.1 Å². The Labute approximate surface area is 134 Å². The number of aliphatic hydroxyl groups is 1. The van der Waals surface area contributed by atoms with Crippen molar-refractivity contribution in [3.05, 3.63) is 51.7 Å². The normalized spacial score (nSPS) is 22.9. The molecule has 5 heteroatoms. The van der Waals surface area contributed by atoms with Crippen molar-refractivity contribution in [2.75, 3.05) is 13.1 Å². The first-order valence-corrected chi connectivity index (χ1v) is 8.54. The lowest BCUT2D eigenvalue weighted by Crippen LogP contribution is -2.44. The van der Waals surface area contributed by atoms with E-state index in [1.54, 1.807) is 11.3 Å². The minimum absolute atomic E-state index is 0.210. The molecular weight excluding hydrogens is 299 g/mol. The van der Waals surface area contributed by atoms with Gasteiger partial charge in [-0.2, -0.15) is 0 Å². The van der Waals surface area contributed by atoms with Crippen LogP contribution in [0.5, 0.6) is 0 Å². The van der Waals surface area contributed by atoms with Gasteiger partial charge >= 0.3 is 0 Å². The Morgan fingerprint density at radius 2 is 2.14 bits per heavy atom. The van der Waals surface area contributed by atoms with Crippen molar-refractivity contribution >= 4 is 11.3 Å². The van der Waals surface area contributed by atoms with Crippen LogP contribution in [-0.4, -0.2) is 34.2 Å². The Morgan fingerprint density at radius 3 is 2.77 bits per heavy atom. The summed E-state index contributed by atoms with van der Waals surface area (Å²) in [4.78, 5) is 6.75. The molecule has 1 fully saturated rings. The number of likely N-dealkylation sites (tertiary alicyclic amines) is 1. The maximum atomic E-state index is 12.9. The first-order chi connectivity index (χ1) is 10.6. The van der Waals surface area contributed by atoms with Gasteiger partial charge in [-0.05, 0) is 49.9 Å². The molecule has 0 aliphatic carbocycles. The van der Waals surface area contributed by atoms with Crippen LogP contribution in [0.1, 0.15) is 22.7 Å². The topological polar surface area (TPSA) is 36.4 Å². The third-order valence-electron chi connectivity index (χ3n) is 4.27. The van der Waals surface area contributed by atoms with Gasteiger partial charge in [0.25, 0.3) is 0 Å². The Kier molecular flexibility index (Phi) is 4.86. The molecule has 3 nitrogen and oxygen atoms in total. The summed E-state index contributed by atoms with van der Waals surface area (Å²) in [6.07, 6.45) is 1.44. The Bertz CT molecular complexity index is 613. The number of nitrogens with zero attached hydrogens (tertiary/aromatic N) is 2. The summed E-state index contributed by atoms with van der Waals surface area (Å²) < 4.78 is 12.9. The molecule has 22 heavy (non-hydrogen) atoms. The highest BCUT2D eigenvalue weighted by Gasteiger charge is 2.28. The first kappa shape index (κ1) is 15.6. The molecule has 1 aliphatic heterocycles. The minimum Gasteiger partial charge on any atom is -0.391 e. The van der Waals surface area contributed by atoms with Crippen LogP contribution in [0.3, 0.4) is 0 Å². The van der Waals surface area contributed by atoms with Gasteiger partial charge in [0, 0.05) is 18.5 Å². The van der Waals surface area contributed by atoms with E-state index < -0.39 is 0 Å². The molecule has 0 saturated carbocycles. The predicted octanol–water partition coefficient (Wildman–Crippen LogP) is 3.02. The number of β-amino-alcohol motifs (C(OH)–C–C–N with tert-alkyl or cyclic N) is 1. The SMILES string of the molecule is Cc1nc(CN2CC[C@H](Cc3ccc(F)cc3)[C@@H](O)C2)cs1. The highest BCUT2D eigenvalue weighted by molar-refractivity contribution is 7.09. The second-order valence-electron chi connectivity index (χ2n) is 6.04. The zero-order chi connectivity index (χ0) is 15.5. The number of halogens is 1. The molecule has 1 N–H and O–H groups in total. The number of thiazole rings is 1. The van der Waals surface area contributed by atoms with Crippen LogP contribution in [0.25, 0.3) is 0 Å². The summed E-state index contributed by atoms with van der Waals surface area (Å²) >= 11 is 1.67. The van der Waals surface area contributed by atoms with Gasteiger partial charge in [0.2, 0.25) is 0 Å². The van der Waals surface area contributed by atoms with Crippen LogP contribution >= 0.6 is 11.3 Å². The predicted molar refractivity (Wildman–Crippen MR) is 86.3 cm³/mol. The van der Waals surface area contributed by atoms with Crippen LogP contribution in [-0.2, 0) is 13.0 Å². The lowest BCUT2D eigenvalue weighted by Gasteiger charge is -2.35. The molecule has 2 aromatic rings. The van der Waals surface area contributed by atoms with E-state index in [0.29, 0.717) is 6.54 Å². The number of aromatic nitrogens is 1. The Morgan fingerprint density at radius 1 is 1.36 bits per heavy atom. The van der Waals surface area contributed by atoms with E-state index in [1.165, 1.54) is 12.1 Å². The van der Waals surface area contributed by atoms with Gasteiger partial charge in [-0.15, -0.1) is 11.3 Å². The molecule has 3 rings (SSSR count). The maximum absolute atomic E-state index is 12.9. The van der Waals surface area contributed by atoms with Crippen molar-refractivity contribution in [2.45, 2.75) is 32.4 Å². The van der Waals surface area contributed by atoms with Gasteiger partial charge in [0.15, 0.2) is 0 Å². The van der Waals surface area contributed by atoms with Gasteiger partial charge in [-0.1, -0.05) is 12.1 Å². The average molecular weight is 320 g/mol. The summed E-state index contributed by atoms with van der Waals surface area (Å²) in [6.45, 7) is 4.48. The lowest BCUT2D eigenvalue weighted by atomic mass is 9.88. The Balaban J connectivity index is 1.54. The third-order valence-corrected chi connectivity index (χ3v) is 5.09. The van der Waals surface area contributed by atoms with Crippen LogP contribution in [0.4, 0.5) is 4.39 Å². The van der Waals surface area contributed by atoms with Gasteiger partial charge < -0.3 is 5.11 Å². The average Bonchev–Trinajstić information content (AvgIpc) is 2.89. The molecule has 1 aromatic carbocycles. The van der Waals surface area contributed by atoms with E-state index in [-0.39, 0.29) is 17.8 Å². The van der Waals surface area contributed by atoms with Crippen molar-refractivity contribution in [1.29, 1.82) is 0 Å². The number of piperidine rings is 1. The minimum atomic E-state index is -0.335. The molecule has 1 aliphatic rings. The van der Waals surface area contributed by atoms with Crippen LogP contribution in [0, 0.1) is 18.7 Å². The van der Waals surface area contributed by atoms with E-state index in [2.05, 4.69) is 15.3 Å². The molecule has 2 atom stereocenters. The van der Waals surface area contributed by atoms with Crippen LogP contribution in [0.2, 0.25) is 0 Å². The molecular formula is C17H21FN2OS. The summed E-state index contributed by atoms with van der Waals surface area (Å²) in [7, 11) is 0. The zero-order valence-corrected chi connectivity index (χ0v) is 13.5. The van der Waals surface area contributed by atoms with Gasteiger partial charge in [0.05, 0.1) is 16.8 Å². The second-order valence-corrected chi connectivity index (χ2v) is 7.10. The molecule has 118 valence electrons. The summed E-state index contributed by atoms with van der Waals surface area (Å²) in [5.74, 6) is 0.0385. The lowest BCUT2D eigenvalue weighted by molar-refractivity contribution is 0.0183. The molecule has 0 bridgehead atoms. The quantitative estimate of drug-likeness (QED) is 0.941. The summed E-state index contributed by atoms with van der Waals surface area (Å²) in [5, 5.41) is 13.6. The van der Waals surface area contributed by atoms with Crippen molar-refractivity contribution in [1.82, 2.24) is 9.88 Å². The van der Waals surface area contributed by atoms with Crippen molar-refractivity contribution in [3.63, 3.8) is 0 Å². The number of aryl methyl sites for hydroxylation is 1. The monoisotopic (exact) mass is 320 g/mol. The standard InChI is InChI=1S/C17H21FN2OS/c1-12-19-16(11-22-12)9-20-7-6-14(17(21)10-20)8-13-2-4-15(18)5-3-13/h2-5,11,14,17,21H,6-10H2,1H3/t14-,17+/m1/s1. The fourth-order valence-corrected chi connectivity index (χ4v) is 3.66. The second kappa shape index (κ2) is 6.86. The van der Waals surface area contributed by atoms with Crippen molar-refractivity contribution < 1.29 is 9.50 Å². The third kappa shape index (κ3) is 3.91. The number of hydrogen-bond donors (Lipinski definition) is 1. The smallest absolute Gasteiger partial charge is 0.123 e. The summed E-state index contributed by atoms with van der Waals surface area (Å²) in [6, 6.07) is 6.60. The molecule has 1 saturated heterocycles. The van der Waals surface area contributed by atoms with Crippen molar-refractivity contribution in [2.24, 2.45) is 5.92 Å². The highest BCUT2D eigenvalue weighted by Crippen LogP contribution is 2.24. The van der Waals surface area contributed by atoms with E-state index in [0.717, 1.165) is 42.2 Å². The van der Waals surface area contributed by atoms with Crippen LogP contribution < -0.4 is 0 Å². The van der Waals surface area contributed by atoms with Gasteiger partial charge in [-0.25, -0.2) is 9.37 Å². The van der Waals surface area contributed by atoms with E-state index in [4.69, 9.17) is 0 Å². The molecule has 2 heterocycles. The largest absolute Gasteiger partial charge is 0.391 e. The van der Waals surface area contributed by atoms with Gasteiger partial charge in [-0.3, -0.25) is 4.90 Å². The number of rotatable bonds is 4. The highest BCUT2D eigenvalue weighted by atomic mass is 32.1. The zero-order valence-electron chi connectivity index (χ0n) is 12.7. The van der Waals surface area contributed by atoms with E-state index in [9.17, 15) is 9.50 Å². The molecule has 0 spiro atoms. The maximum Gasteiger partial charge on any atom is 0.123 e. The molecule has 0 unspecified atom stereocenters. The molecule has 1 aromatic heterocycles. The molecule has 0 radical (unpaired) electrons. The summed E-state index contributed by atoms with van der Waals surface area (Å²) in [5.41, 5.74) is 2.18. The fraction of sp³-hybridized carbons (Fsp3) is 0.471. The van der Waals surface area contributed by atoms with Crippen LogP contribution in [0.15, 0.2) is 29.6 Å². The molecule has 0 amide bonds. The van der Waals surface area contributed by atoms with E-state index >= 15 is 0 Å². The number of aliphatic hydroxyl groups excluding tert-OH is 1. The number of benzene rings is 1.